The van der Waals surface area contributed by atoms with Gasteiger partial charge in [-0.3, -0.25) is 10.2 Å². The molecule has 0 atom stereocenters. The van der Waals surface area contributed by atoms with Crippen molar-refractivity contribution in [1.82, 2.24) is 0 Å². The lowest BCUT2D eigenvalue weighted by Crippen LogP contribution is -2.19. The number of hydrazone groups is 1. The largest absolute Gasteiger partial charge is 0.287 e. The number of carbonyl (C=O) groups excluding carboxylic acids is 1. The predicted octanol–water partition coefficient (Wildman–Crippen LogP) is 5.51. The number of benzene rings is 3. The van der Waals surface area contributed by atoms with Crippen LogP contribution in [0.25, 0.3) is 6.08 Å². The SMILES string of the molecule is O=C1C=Cc2ccccc2C1=NNc1ccc(N=Nc2ccccc2)cc1. The highest BCUT2D eigenvalue weighted by Crippen LogP contribution is 2.21. The van der Waals surface area contributed by atoms with E-state index in [1.165, 1.54) is 6.08 Å². The summed E-state index contributed by atoms with van der Waals surface area (Å²) in [4.78, 5) is 12.2. The lowest BCUT2D eigenvalue weighted by molar-refractivity contribution is -0.108. The van der Waals surface area contributed by atoms with Gasteiger partial charge in [0.05, 0.1) is 17.1 Å². The number of anilines is 1. The molecule has 0 fully saturated rings. The molecule has 0 unspecified atom stereocenters. The van der Waals surface area contributed by atoms with E-state index in [9.17, 15) is 4.79 Å². The molecule has 0 bridgehead atoms. The fraction of sp³-hybridized carbons (Fsp3) is 0. The number of azo groups is 1. The maximum absolute atomic E-state index is 12.2. The van der Waals surface area contributed by atoms with Crippen LogP contribution in [0.4, 0.5) is 17.1 Å². The van der Waals surface area contributed by atoms with E-state index < -0.39 is 0 Å². The van der Waals surface area contributed by atoms with Gasteiger partial charge in [-0.2, -0.15) is 15.3 Å². The average molecular weight is 352 g/mol. The molecule has 0 amide bonds. The molecule has 0 heterocycles. The highest BCUT2D eigenvalue weighted by molar-refractivity contribution is 6.52. The van der Waals surface area contributed by atoms with Gasteiger partial charge in [0, 0.05) is 5.56 Å². The number of rotatable bonds is 4. The van der Waals surface area contributed by atoms with Gasteiger partial charge in [-0.25, -0.2) is 0 Å². The van der Waals surface area contributed by atoms with Crippen LogP contribution in [0.2, 0.25) is 0 Å². The van der Waals surface area contributed by atoms with Crippen LogP contribution in [0.15, 0.2) is 100 Å². The molecule has 0 aromatic heterocycles. The Bertz CT molecular complexity index is 1050. The van der Waals surface area contributed by atoms with Crippen molar-refractivity contribution in [2.45, 2.75) is 0 Å². The molecular formula is C22H16N4O. The van der Waals surface area contributed by atoms with E-state index in [1.54, 1.807) is 0 Å². The Labute approximate surface area is 156 Å². The maximum Gasteiger partial charge on any atom is 0.206 e. The van der Waals surface area contributed by atoms with Gasteiger partial charge in [0.15, 0.2) is 0 Å². The van der Waals surface area contributed by atoms with Crippen LogP contribution >= 0.6 is 0 Å². The number of fused-ring (bicyclic) bond motifs is 1. The minimum absolute atomic E-state index is 0.116. The first kappa shape index (κ1) is 16.6. The van der Waals surface area contributed by atoms with E-state index in [2.05, 4.69) is 20.8 Å². The van der Waals surface area contributed by atoms with Crippen LogP contribution in [0.1, 0.15) is 11.1 Å². The van der Waals surface area contributed by atoms with Gasteiger partial charge in [0.25, 0.3) is 0 Å². The topological polar surface area (TPSA) is 66.2 Å². The molecule has 130 valence electrons. The Hall–Kier alpha value is -3.86. The second-order valence-electron chi connectivity index (χ2n) is 5.94. The maximum atomic E-state index is 12.2. The van der Waals surface area contributed by atoms with Crippen molar-refractivity contribution in [3.05, 3.63) is 96.1 Å². The molecule has 27 heavy (non-hydrogen) atoms. The Morgan fingerprint density at radius 2 is 1.33 bits per heavy atom. The third-order valence-corrected chi connectivity index (χ3v) is 4.06. The van der Waals surface area contributed by atoms with E-state index in [4.69, 9.17) is 0 Å². The molecule has 3 aromatic carbocycles. The fourth-order valence-corrected chi connectivity index (χ4v) is 2.68. The molecule has 0 saturated heterocycles. The summed E-state index contributed by atoms with van der Waals surface area (Å²) < 4.78 is 0. The molecule has 0 aliphatic heterocycles. The first-order valence-electron chi connectivity index (χ1n) is 8.52. The quantitative estimate of drug-likeness (QED) is 0.497. The molecule has 4 rings (SSSR count). The van der Waals surface area contributed by atoms with Crippen molar-refractivity contribution in [1.29, 1.82) is 0 Å². The Morgan fingerprint density at radius 1 is 0.667 bits per heavy atom. The molecule has 0 spiro atoms. The number of hydrogen-bond acceptors (Lipinski definition) is 5. The van der Waals surface area contributed by atoms with Gasteiger partial charge in [-0.1, -0.05) is 48.5 Å². The summed E-state index contributed by atoms with van der Waals surface area (Å²) in [5, 5.41) is 12.7. The second-order valence-corrected chi connectivity index (χ2v) is 5.94. The zero-order chi connectivity index (χ0) is 18.5. The lowest BCUT2D eigenvalue weighted by atomic mass is 9.95. The zero-order valence-corrected chi connectivity index (χ0v) is 14.4. The highest BCUT2D eigenvalue weighted by atomic mass is 16.1. The van der Waals surface area contributed by atoms with Crippen molar-refractivity contribution < 1.29 is 4.79 Å². The van der Waals surface area contributed by atoms with Gasteiger partial charge in [-0.15, -0.1) is 0 Å². The van der Waals surface area contributed by atoms with Gasteiger partial charge in [-0.05, 0) is 48.0 Å². The van der Waals surface area contributed by atoms with E-state index in [1.807, 2.05) is 84.9 Å². The number of carbonyl (C=O) groups is 1. The van der Waals surface area contributed by atoms with Crippen molar-refractivity contribution in [2.75, 3.05) is 5.43 Å². The zero-order valence-electron chi connectivity index (χ0n) is 14.4. The molecule has 5 nitrogen and oxygen atoms in total. The summed E-state index contributed by atoms with van der Waals surface area (Å²) in [5.41, 5.74) is 7.46. The summed E-state index contributed by atoms with van der Waals surface area (Å²) in [6.07, 6.45) is 3.35. The van der Waals surface area contributed by atoms with Crippen LogP contribution in [0, 0.1) is 0 Å². The summed E-state index contributed by atoms with van der Waals surface area (Å²) in [6, 6.07) is 24.6. The predicted molar refractivity (Wildman–Crippen MR) is 108 cm³/mol. The van der Waals surface area contributed by atoms with Gasteiger partial charge >= 0.3 is 0 Å². The summed E-state index contributed by atoms with van der Waals surface area (Å²) >= 11 is 0. The summed E-state index contributed by atoms with van der Waals surface area (Å²) in [7, 11) is 0. The Morgan fingerprint density at radius 3 is 2.11 bits per heavy atom. The van der Waals surface area contributed by atoms with Gasteiger partial charge in [0.2, 0.25) is 5.78 Å². The van der Waals surface area contributed by atoms with Crippen LogP contribution in [0.3, 0.4) is 0 Å². The van der Waals surface area contributed by atoms with Crippen LogP contribution < -0.4 is 5.43 Å². The fourth-order valence-electron chi connectivity index (χ4n) is 2.68. The third-order valence-electron chi connectivity index (χ3n) is 4.06. The van der Waals surface area contributed by atoms with Crippen molar-refractivity contribution in [3.8, 4) is 0 Å². The van der Waals surface area contributed by atoms with Crippen LogP contribution in [0.5, 0.6) is 0 Å². The normalized spacial score (nSPS) is 14.5. The summed E-state index contributed by atoms with van der Waals surface area (Å²) in [6.45, 7) is 0. The Kier molecular flexibility index (Phi) is 4.66. The molecule has 1 aliphatic carbocycles. The first-order chi connectivity index (χ1) is 13.3. The average Bonchev–Trinajstić information content (AvgIpc) is 2.73. The third kappa shape index (κ3) is 3.88. The number of nitrogens with zero attached hydrogens (tertiary/aromatic N) is 3. The lowest BCUT2D eigenvalue weighted by Gasteiger charge is -2.12. The molecule has 5 heteroatoms. The van der Waals surface area contributed by atoms with Gasteiger partial charge < -0.3 is 0 Å². The van der Waals surface area contributed by atoms with E-state index in [-0.39, 0.29) is 5.78 Å². The molecular weight excluding hydrogens is 336 g/mol. The van der Waals surface area contributed by atoms with Crippen molar-refractivity contribution >= 4 is 34.6 Å². The van der Waals surface area contributed by atoms with Crippen LogP contribution in [-0.4, -0.2) is 11.5 Å². The number of ketones is 1. The molecule has 1 aliphatic rings. The number of hydrogen-bond donors (Lipinski definition) is 1. The first-order valence-corrected chi connectivity index (χ1v) is 8.52. The van der Waals surface area contributed by atoms with E-state index in [0.717, 1.165) is 28.2 Å². The number of allylic oxidation sites excluding steroid dienone is 1. The number of nitrogens with one attached hydrogen (secondary N) is 1. The minimum Gasteiger partial charge on any atom is -0.287 e. The Balaban J connectivity index is 1.49. The second kappa shape index (κ2) is 7.58. The highest BCUT2D eigenvalue weighted by Gasteiger charge is 2.18. The monoisotopic (exact) mass is 352 g/mol. The van der Waals surface area contributed by atoms with E-state index in [0.29, 0.717) is 5.71 Å². The van der Waals surface area contributed by atoms with E-state index >= 15 is 0 Å². The molecule has 1 N–H and O–H groups in total. The van der Waals surface area contributed by atoms with Crippen molar-refractivity contribution in [2.24, 2.45) is 15.3 Å². The molecule has 0 radical (unpaired) electrons. The smallest absolute Gasteiger partial charge is 0.206 e. The van der Waals surface area contributed by atoms with Gasteiger partial charge in [0.1, 0.15) is 5.71 Å². The van der Waals surface area contributed by atoms with Crippen molar-refractivity contribution in [3.63, 3.8) is 0 Å². The minimum atomic E-state index is -0.116. The molecule has 0 saturated carbocycles. The summed E-state index contributed by atoms with van der Waals surface area (Å²) in [5.74, 6) is -0.116. The molecule has 3 aromatic rings. The van der Waals surface area contributed by atoms with Crippen LogP contribution in [-0.2, 0) is 4.79 Å². The standard InChI is InChI=1S/C22H16N4O/c27-21-15-10-16-6-4-5-9-20(16)22(21)26-25-19-13-11-18(12-14-19)24-23-17-7-2-1-3-8-17/h1-15,25H.